The van der Waals surface area contributed by atoms with E-state index in [-0.39, 0.29) is 49.3 Å². The number of esters is 2. The number of halogens is 1. The van der Waals surface area contributed by atoms with E-state index >= 15 is 0 Å². The Hall–Kier alpha value is -3.60. The number of alkyl carbamates (subject to hydrolysis) is 1. The number of carbonyl (C=O) groups excluding carboxylic acids is 4. The van der Waals surface area contributed by atoms with Crippen molar-refractivity contribution in [3.63, 3.8) is 0 Å². The number of phenols is 1. The minimum atomic E-state index is -1.05. The molecule has 2 atom stereocenters. The summed E-state index contributed by atoms with van der Waals surface area (Å²) in [6, 6.07) is 12.6. The van der Waals surface area contributed by atoms with E-state index in [0.717, 1.165) is 5.56 Å². The number of alkyl halides is 1. The molecule has 0 aliphatic heterocycles. The first-order valence-corrected chi connectivity index (χ1v) is 13.3. The summed E-state index contributed by atoms with van der Waals surface area (Å²) in [7, 11) is 1.20. The zero-order chi connectivity index (χ0) is 29.0. The number of carbonyl (C=O) groups is 4. The lowest BCUT2D eigenvalue weighted by Gasteiger charge is -2.21. The maximum absolute atomic E-state index is 12.7. The van der Waals surface area contributed by atoms with Crippen LogP contribution < -0.4 is 10.6 Å². The molecule has 0 radical (unpaired) electrons. The van der Waals surface area contributed by atoms with Gasteiger partial charge in [-0.05, 0) is 35.1 Å². The van der Waals surface area contributed by atoms with Crippen LogP contribution >= 0.6 is 15.9 Å². The Kier molecular flexibility index (Phi) is 12.2. The molecule has 0 bridgehead atoms. The van der Waals surface area contributed by atoms with Crippen molar-refractivity contribution in [1.82, 2.24) is 5.32 Å². The van der Waals surface area contributed by atoms with Crippen molar-refractivity contribution >= 4 is 45.6 Å². The van der Waals surface area contributed by atoms with Gasteiger partial charge in [0.15, 0.2) is 0 Å². The van der Waals surface area contributed by atoms with E-state index in [1.165, 1.54) is 19.2 Å². The van der Waals surface area contributed by atoms with Crippen LogP contribution in [0.3, 0.4) is 0 Å². The Bertz CT molecular complexity index is 1130. The second-order valence-electron chi connectivity index (χ2n) is 10.1. The average molecular weight is 607 g/mol. The second-order valence-corrected chi connectivity index (χ2v) is 11.2. The molecule has 0 fully saturated rings. The van der Waals surface area contributed by atoms with Gasteiger partial charge in [0.25, 0.3) is 0 Å². The fourth-order valence-corrected chi connectivity index (χ4v) is 3.59. The molecule has 212 valence electrons. The van der Waals surface area contributed by atoms with Gasteiger partial charge < -0.3 is 30.0 Å². The minimum absolute atomic E-state index is 0.0139. The van der Waals surface area contributed by atoms with Gasteiger partial charge in [-0.15, -0.1) is 0 Å². The van der Waals surface area contributed by atoms with Gasteiger partial charge in [-0.2, -0.15) is 0 Å². The van der Waals surface area contributed by atoms with E-state index in [4.69, 9.17) is 14.2 Å². The number of hydrogen-bond donors (Lipinski definition) is 3. The van der Waals surface area contributed by atoms with Crippen molar-refractivity contribution in [2.24, 2.45) is 5.41 Å². The molecule has 0 heterocycles. The lowest BCUT2D eigenvalue weighted by molar-refractivity contribution is -0.145. The fourth-order valence-electron chi connectivity index (χ4n) is 3.24. The zero-order valence-electron chi connectivity index (χ0n) is 22.5. The molecular formula is C28H35BrN2O8. The van der Waals surface area contributed by atoms with Crippen molar-refractivity contribution in [3.8, 4) is 5.75 Å². The molecule has 0 spiro atoms. The van der Waals surface area contributed by atoms with Gasteiger partial charge in [-0.1, -0.05) is 73.1 Å². The van der Waals surface area contributed by atoms with E-state index in [1.807, 2.05) is 51.1 Å². The van der Waals surface area contributed by atoms with Crippen LogP contribution in [0.2, 0.25) is 0 Å². The van der Waals surface area contributed by atoms with E-state index in [1.54, 1.807) is 6.07 Å². The normalized spacial score (nSPS) is 12.5. The Morgan fingerprint density at radius 3 is 2.33 bits per heavy atom. The number of benzene rings is 2. The van der Waals surface area contributed by atoms with Crippen LogP contribution in [0.5, 0.6) is 5.75 Å². The third kappa shape index (κ3) is 11.8. The number of amides is 2. The maximum Gasteiger partial charge on any atom is 0.407 e. The standard InChI is InChI=1S/C28H35BrN2O8/c1-28(2,3)17-39-27(36)31-22(26(35)37-4)15-19-10-12-23(32)21(14-19)30-25(34)20(29)11-13-24(33)38-16-18-8-6-5-7-9-18/h5-10,12,14,20,22,32H,11,13,15-17H2,1-4H3,(H,30,34)(H,31,36)/t20-,22-/m0/s1. The predicted octanol–water partition coefficient (Wildman–Crippen LogP) is 4.47. The largest absolute Gasteiger partial charge is 0.506 e. The summed E-state index contributed by atoms with van der Waals surface area (Å²) in [6.07, 6.45) is -0.562. The number of nitrogens with one attached hydrogen (secondary N) is 2. The van der Waals surface area contributed by atoms with Crippen LogP contribution in [0.25, 0.3) is 0 Å². The summed E-state index contributed by atoms with van der Waals surface area (Å²) in [4.78, 5) is 48.5. The molecule has 0 aromatic heterocycles. The minimum Gasteiger partial charge on any atom is -0.506 e. The van der Waals surface area contributed by atoms with Crippen molar-refractivity contribution in [1.29, 1.82) is 0 Å². The molecule has 11 heteroatoms. The van der Waals surface area contributed by atoms with Gasteiger partial charge in [0, 0.05) is 12.8 Å². The van der Waals surface area contributed by atoms with Crippen molar-refractivity contribution in [2.75, 3.05) is 19.0 Å². The smallest absolute Gasteiger partial charge is 0.407 e. The third-order valence-electron chi connectivity index (χ3n) is 5.30. The Labute approximate surface area is 236 Å². The van der Waals surface area contributed by atoms with Gasteiger partial charge in [-0.3, -0.25) is 9.59 Å². The van der Waals surface area contributed by atoms with Crippen LogP contribution in [0.1, 0.15) is 44.7 Å². The highest BCUT2D eigenvalue weighted by molar-refractivity contribution is 9.10. The topological polar surface area (TPSA) is 140 Å². The molecule has 0 saturated carbocycles. The van der Waals surface area contributed by atoms with Crippen LogP contribution in [-0.2, 0) is 41.6 Å². The first-order chi connectivity index (χ1) is 18.4. The zero-order valence-corrected chi connectivity index (χ0v) is 24.1. The monoisotopic (exact) mass is 606 g/mol. The number of hydrogen-bond acceptors (Lipinski definition) is 8. The lowest BCUT2D eigenvalue weighted by Crippen LogP contribution is -2.43. The summed E-state index contributed by atoms with van der Waals surface area (Å²) >= 11 is 3.27. The van der Waals surface area contributed by atoms with Gasteiger partial charge in [0.1, 0.15) is 18.4 Å². The van der Waals surface area contributed by atoms with Crippen LogP contribution in [0.15, 0.2) is 48.5 Å². The quantitative estimate of drug-likeness (QED) is 0.139. The summed E-state index contributed by atoms with van der Waals surface area (Å²) in [5.74, 6) is -1.79. The molecule has 10 nitrogen and oxygen atoms in total. The number of anilines is 1. The molecule has 0 saturated heterocycles. The molecule has 39 heavy (non-hydrogen) atoms. The third-order valence-corrected chi connectivity index (χ3v) is 6.18. The van der Waals surface area contributed by atoms with E-state index < -0.39 is 34.8 Å². The van der Waals surface area contributed by atoms with Gasteiger partial charge in [0.05, 0.1) is 24.2 Å². The number of methoxy groups -OCH3 is 1. The lowest BCUT2D eigenvalue weighted by atomic mass is 9.99. The SMILES string of the molecule is COC(=O)[C@H](Cc1ccc(O)c(NC(=O)[C@@H](Br)CCC(=O)OCc2ccccc2)c1)NC(=O)OCC(C)(C)C. The van der Waals surface area contributed by atoms with E-state index in [9.17, 15) is 24.3 Å². The predicted molar refractivity (Wildman–Crippen MR) is 148 cm³/mol. The first kappa shape index (κ1) is 31.6. The highest BCUT2D eigenvalue weighted by atomic mass is 79.9. The number of rotatable bonds is 12. The second kappa shape index (κ2) is 15.1. The molecule has 0 unspecified atom stereocenters. The number of ether oxygens (including phenoxy) is 3. The summed E-state index contributed by atoms with van der Waals surface area (Å²) in [5.41, 5.74) is 1.25. The average Bonchev–Trinajstić information content (AvgIpc) is 2.90. The van der Waals surface area contributed by atoms with Gasteiger partial charge in [-0.25, -0.2) is 9.59 Å². The highest BCUT2D eigenvalue weighted by Gasteiger charge is 2.25. The Balaban J connectivity index is 1.94. The molecular weight excluding hydrogens is 572 g/mol. The molecule has 0 aliphatic carbocycles. The maximum atomic E-state index is 12.7. The van der Waals surface area contributed by atoms with Crippen LogP contribution in [-0.4, -0.2) is 53.6 Å². The summed E-state index contributed by atoms with van der Waals surface area (Å²) in [5, 5.41) is 15.4. The first-order valence-electron chi connectivity index (χ1n) is 12.4. The van der Waals surface area contributed by atoms with Crippen molar-refractivity contribution in [2.45, 2.75) is 57.5 Å². The van der Waals surface area contributed by atoms with Crippen LogP contribution in [0.4, 0.5) is 10.5 Å². The van der Waals surface area contributed by atoms with Gasteiger partial charge in [0.2, 0.25) is 5.91 Å². The van der Waals surface area contributed by atoms with Gasteiger partial charge >= 0.3 is 18.0 Å². The number of aromatic hydroxyl groups is 1. The van der Waals surface area contributed by atoms with Crippen molar-refractivity contribution < 1.29 is 38.5 Å². The molecule has 2 aromatic rings. The Morgan fingerprint density at radius 2 is 1.69 bits per heavy atom. The van der Waals surface area contributed by atoms with Crippen LogP contribution in [0, 0.1) is 5.41 Å². The molecule has 0 aliphatic rings. The highest BCUT2D eigenvalue weighted by Crippen LogP contribution is 2.26. The Morgan fingerprint density at radius 1 is 1.00 bits per heavy atom. The molecule has 2 amide bonds. The molecule has 2 aromatic carbocycles. The molecule has 2 rings (SSSR count). The van der Waals surface area contributed by atoms with E-state index in [2.05, 4.69) is 26.6 Å². The summed E-state index contributed by atoms with van der Waals surface area (Å²) < 4.78 is 15.2. The fraction of sp³-hybridized carbons (Fsp3) is 0.429. The van der Waals surface area contributed by atoms with E-state index in [0.29, 0.717) is 5.56 Å². The number of phenolic OH excluding ortho intramolecular Hbond substituents is 1. The van der Waals surface area contributed by atoms with Crippen molar-refractivity contribution in [3.05, 3.63) is 59.7 Å². The molecule has 3 N–H and O–H groups in total. The summed E-state index contributed by atoms with van der Waals surface area (Å²) in [6.45, 7) is 6.01.